The average Bonchev–Trinajstić information content (AvgIpc) is 2.73. The Bertz CT molecular complexity index is 381. The molecule has 1 aliphatic rings. The third-order valence-electron chi connectivity index (χ3n) is 6.81. The number of hydrogen-bond donors (Lipinski definition) is 3. The summed E-state index contributed by atoms with van der Waals surface area (Å²) in [4.78, 5) is 5.46. The van der Waals surface area contributed by atoms with E-state index in [9.17, 15) is 0 Å². The van der Waals surface area contributed by atoms with Crippen molar-refractivity contribution in [3.63, 3.8) is 0 Å². The van der Waals surface area contributed by atoms with Crippen LogP contribution in [0.25, 0.3) is 0 Å². The Balaban J connectivity index is 2.73. The van der Waals surface area contributed by atoms with Gasteiger partial charge in [-0.2, -0.15) is 0 Å². The first kappa shape index (κ1) is 27.8. The van der Waals surface area contributed by atoms with Crippen LogP contribution < -0.4 is 10.6 Å². The molecule has 1 rings (SSSR count). The molecule has 1 aliphatic heterocycles. The second kappa shape index (κ2) is 16.4. The van der Waals surface area contributed by atoms with Crippen molar-refractivity contribution in [2.24, 2.45) is 11.8 Å². The lowest BCUT2D eigenvalue weighted by atomic mass is 9.93. The maximum atomic E-state index is 8.98. The smallest absolute Gasteiger partial charge is 0.0555 e. The molecule has 0 aromatic heterocycles. The topological polar surface area (TPSA) is 50.8 Å². The highest BCUT2D eigenvalue weighted by molar-refractivity contribution is 4.94. The highest BCUT2D eigenvalue weighted by atomic mass is 16.3. The summed E-state index contributed by atoms with van der Waals surface area (Å²) >= 11 is 0. The van der Waals surface area contributed by atoms with Crippen molar-refractivity contribution < 1.29 is 5.11 Å². The maximum Gasteiger partial charge on any atom is 0.0555 e. The molecule has 30 heavy (non-hydrogen) atoms. The number of nitrogens with one attached hydrogen (secondary N) is 2. The van der Waals surface area contributed by atoms with E-state index in [1.54, 1.807) is 0 Å². The van der Waals surface area contributed by atoms with E-state index in [0.717, 1.165) is 44.7 Å². The third-order valence-corrected chi connectivity index (χ3v) is 6.81. The van der Waals surface area contributed by atoms with E-state index >= 15 is 0 Å². The Morgan fingerprint density at radius 1 is 0.833 bits per heavy atom. The molecule has 0 amide bonds. The molecule has 2 unspecified atom stereocenters. The van der Waals surface area contributed by atoms with Crippen LogP contribution in [-0.4, -0.2) is 79.5 Å². The van der Waals surface area contributed by atoms with Gasteiger partial charge in [0.05, 0.1) is 13.3 Å². The molecule has 3 N–H and O–H groups in total. The molecule has 0 bridgehead atoms. The second-order valence-corrected chi connectivity index (χ2v) is 9.96. The van der Waals surface area contributed by atoms with Gasteiger partial charge < -0.3 is 15.7 Å². The minimum absolute atomic E-state index is 0.130. The van der Waals surface area contributed by atoms with Gasteiger partial charge in [-0.1, -0.05) is 66.2 Å². The molecule has 1 saturated heterocycles. The molecule has 0 aromatic rings. The van der Waals surface area contributed by atoms with Gasteiger partial charge in [-0.25, -0.2) is 0 Å². The first-order chi connectivity index (χ1) is 14.5. The molecule has 0 radical (unpaired) electrons. The van der Waals surface area contributed by atoms with Crippen LogP contribution in [0.5, 0.6) is 0 Å². The molecule has 1 heterocycles. The fraction of sp³-hybridized carbons (Fsp3) is 1.00. The lowest BCUT2D eigenvalue weighted by Crippen LogP contribution is -2.65. The Hall–Kier alpha value is -0.200. The monoisotopic (exact) mass is 426 g/mol. The molecule has 5 nitrogen and oxygen atoms in total. The summed E-state index contributed by atoms with van der Waals surface area (Å²) < 4.78 is 0. The lowest BCUT2D eigenvalue weighted by molar-refractivity contribution is 0.00519. The highest BCUT2D eigenvalue weighted by Gasteiger charge is 2.35. The molecular weight excluding hydrogens is 372 g/mol. The van der Waals surface area contributed by atoms with Gasteiger partial charge >= 0.3 is 0 Å². The van der Waals surface area contributed by atoms with Crippen molar-refractivity contribution in [2.45, 2.75) is 91.5 Å². The second-order valence-electron chi connectivity index (χ2n) is 9.96. The highest BCUT2D eigenvalue weighted by Crippen LogP contribution is 2.23. The Labute approximate surface area is 188 Å². The van der Waals surface area contributed by atoms with E-state index in [1.807, 2.05) is 0 Å². The summed E-state index contributed by atoms with van der Waals surface area (Å²) in [6.45, 7) is 20.4. The predicted octanol–water partition coefficient (Wildman–Crippen LogP) is 3.92. The van der Waals surface area contributed by atoms with Gasteiger partial charge in [0, 0.05) is 51.4 Å². The van der Waals surface area contributed by atoms with Crippen molar-refractivity contribution in [3.8, 4) is 0 Å². The number of rotatable bonds is 18. The molecule has 5 heteroatoms. The van der Waals surface area contributed by atoms with Gasteiger partial charge in [-0.3, -0.25) is 9.80 Å². The van der Waals surface area contributed by atoms with Gasteiger partial charge in [0.2, 0.25) is 0 Å². The van der Waals surface area contributed by atoms with Gasteiger partial charge in [0.1, 0.15) is 0 Å². The number of unbranched alkanes of at least 4 members (excludes halogenated alkanes) is 2. The zero-order chi connectivity index (χ0) is 22.2. The lowest BCUT2D eigenvalue weighted by Gasteiger charge is -2.48. The fourth-order valence-corrected chi connectivity index (χ4v) is 5.00. The van der Waals surface area contributed by atoms with Crippen LogP contribution in [-0.2, 0) is 0 Å². The van der Waals surface area contributed by atoms with Gasteiger partial charge in [-0.05, 0) is 31.6 Å². The Morgan fingerprint density at radius 2 is 1.37 bits per heavy atom. The van der Waals surface area contributed by atoms with Crippen molar-refractivity contribution in [1.82, 2.24) is 20.4 Å². The van der Waals surface area contributed by atoms with Crippen molar-refractivity contribution in [1.29, 1.82) is 0 Å². The Morgan fingerprint density at radius 3 is 1.80 bits per heavy atom. The maximum absolute atomic E-state index is 8.98. The molecule has 0 aromatic carbocycles. The van der Waals surface area contributed by atoms with Crippen LogP contribution >= 0.6 is 0 Å². The van der Waals surface area contributed by atoms with Gasteiger partial charge in [0.25, 0.3) is 0 Å². The normalized spacial score (nSPS) is 23.0. The number of nitrogens with zero attached hydrogens (tertiary/aromatic N) is 2. The summed E-state index contributed by atoms with van der Waals surface area (Å²) in [6, 6.07) is 0. The van der Waals surface area contributed by atoms with Crippen LogP contribution in [0.4, 0.5) is 0 Å². The largest absolute Gasteiger partial charge is 0.395 e. The van der Waals surface area contributed by atoms with E-state index < -0.39 is 0 Å². The minimum Gasteiger partial charge on any atom is -0.395 e. The van der Waals surface area contributed by atoms with Crippen LogP contribution in [0, 0.1) is 11.8 Å². The summed E-state index contributed by atoms with van der Waals surface area (Å²) in [6.07, 6.45) is 10.6. The van der Waals surface area contributed by atoms with Gasteiger partial charge in [0.15, 0.2) is 0 Å². The minimum atomic E-state index is 0.130. The summed E-state index contributed by atoms with van der Waals surface area (Å²) in [7, 11) is 0. The molecule has 0 saturated carbocycles. The first-order valence-corrected chi connectivity index (χ1v) is 13.0. The van der Waals surface area contributed by atoms with Crippen LogP contribution in [0.3, 0.4) is 0 Å². The van der Waals surface area contributed by atoms with Crippen LogP contribution in [0.15, 0.2) is 0 Å². The zero-order valence-electron chi connectivity index (χ0n) is 21.0. The first-order valence-electron chi connectivity index (χ1n) is 13.0. The van der Waals surface area contributed by atoms with Crippen molar-refractivity contribution >= 4 is 0 Å². The fourth-order valence-electron chi connectivity index (χ4n) is 5.00. The van der Waals surface area contributed by atoms with Gasteiger partial charge in [-0.15, -0.1) is 0 Å². The van der Waals surface area contributed by atoms with E-state index in [1.165, 1.54) is 64.5 Å². The van der Waals surface area contributed by atoms with Crippen LogP contribution in [0.1, 0.15) is 86.0 Å². The molecular formula is C25H54N4O. The van der Waals surface area contributed by atoms with E-state index in [-0.39, 0.29) is 12.1 Å². The number of aliphatic hydroxyl groups excluding tert-OH is 1. The van der Waals surface area contributed by atoms with Crippen molar-refractivity contribution in [2.75, 3.05) is 59.1 Å². The molecule has 180 valence electrons. The summed E-state index contributed by atoms with van der Waals surface area (Å²) in [5.41, 5.74) is 0.130. The van der Waals surface area contributed by atoms with E-state index in [0.29, 0.717) is 6.54 Å². The van der Waals surface area contributed by atoms with E-state index in [2.05, 4.69) is 55.1 Å². The Kier molecular flexibility index (Phi) is 15.2. The molecule has 0 aliphatic carbocycles. The summed E-state index contributed by atoms with van der Waals surface area (Å²) in [5.74, 6) is 1.64. The quantitative estimate of drug-likeness (QED) is 0.290. The molecule has 0 spiro atoms. The van der Waals surface area contributed by atoms with Crippen LogP contribution in [0.2, 0.25) is 0 Å². The SMILES string of the molecule is CCCCC(CC)CN1CN(CC(CC)CCCC)CC(C)(NCCNCCO)C1. The summed E-state index contributed by atoms with van der Waals surface area (Å²) in [5, 5.41) is 16.1. The third kappa shape index (κ3) is 11.4. The predicted molar refractivity (Wildman–Crippen MR) is 131 cm³/mol. The van der Waals surface area contributed by atoms with E-state index in [4.69, 9.17) is 5.11 Å². The van der Waals surface area contributed by atoms with Crippen molar-refractivity contribution in [3.05, 3.63) is 0 Å². The number of hydrogen-bond acceptors (Lipinski definition) is 5. The average molecular weight is 427 g/mol. The molecule has 2 atom stereocenters. The standard InChI is InChI=1S/C25H54N4O/c1-6-10-12-23(8-3)18-28-20-25(5,27-15-14-26-16-17-30)21-29(22-28)19-24(9-4)13-11-7-2/h23-24,26-27,30H,6-22H2,1-5H3. The zero-order valence-corrected chi connectivity index (χ0v) is 21.0. The number of aliphatic hydroxyl groups is 1. The molecule has 1 fully saturated rings.